The largest absolute Gasteiger partial charge is 0.478 e. The van der Waals surface area contributed by atoms with E-state index in [1.165, 1.54) is 0 Å². The molecule has 1 rings (SSSR count). The third-order valence-corrected chi connectivity index (χ3v) is 2.28. The fourth-order valence-corrected chi connectivity index (χ4v) is 1.42. The summed E-state index contributed by atoms with van der Waals surface area (Å²) in [6.45, 7) is 4.38. The molecule has 0 unspecified atom stereocenters. The lowest BCUT2D eigenvalue weighted by atomic mass is 10.2. The highest BCUT2D eigenvalue weighted by atomic mass is 35.5. The third kappa shape index (κ3) is 4.75. The van der Waals surface area contributed by atoms with Crippen LogP contribution in [0.5, 0.6) is 0 Å². The maximum absolute atomic E-state index is 11.2. The minimum absolute atomic E-state index is 0.0498. The Bertz CT molecular complexity index is 415. The van der Waals surface area contributed by atoms with Gasteiger partial charge in [-0.3, -0.25) is 4.79 Å². The topological polar surface area (TPSA) is 47.9 Å². The predicted molar refractivity (Wildman–Crippen MR) is 71.1 cm³/mol. The molecular weight excluding hydrogens is 254 g/mol. The van der Waals surface area contributed by atoms with Crippen LogP contribution in [0.3, 0.4) is 0 Å². The van der Waals surface area contributed by atoms with E-state index in [1.807, 2.05) is 6.92 Å². The van der Waals surface area contributed by atoms with Crippen molar-refractivity contribution in [1.29, 1.82) is 0 Å². The minimum Gasteiger partial charge on any atom is -0.478 e. The fourth-order valence-electron chi connectivity index (χ4n) is 1.29. The Morgan fingerprint density at radius 1 is 1.17 bits per heavy atom. The fraction of sp³-hybridized carbons (Fsp3) is 0.385. The summed E-state index contributed by atoms with van der Waals surface area (Å²) in [6.07, 6.45) is 0. The van der Waals surface area contributed by atoms with E-state index in [4.69, 9.17) is 21.1 Å². The first kappa shape index (κ1) is 14.5. The molecule has 18 heavy (non-hydrogen) atoms. The zero-order valence-corrected chi connectivity index (χ0v) is 11.2. The molecule has 1 aromatic carbocycles. The molecule has 0 amide bonds. The Morgan fingerprint density at radius 2 is 1.78 bits per heavy atom. The van der Waals surface area contributed by atoms with E-state index >= 15 is 0 Å². The maximum atomic E-state index is 11.2. The zero-order chi connectivity index (χ0) is 13.4. The van der Waals surface area contributed by atoms with Crippen molar-refractivity contribution in [2.24, 2.45) is 4.99 Å². The average molecular weight is 270 g/mol. The summed E-state index contributed by atoms with van der Waals surface area (Å²) >= 11 is 5.81. The van der Waals surface area contributed by atoms with Gasteiger partial charge in [-0.2, -0.15) is 0 Å². The predicted octanol–water partition coefficient (Wildman–Crippen LogP) is 2.69. The molecule has 0 saturated heterocycles. The lowest BCUT2D eigenvalue weighted by Crippen LogP contribution is -2.13. The van der Waals surface area contributed by atoms with Gasteiger partial charge in [0, 0.05) is 10.6 Å². The first-order valence-electron chi connectivity index (χ1n) is 5.76. The van der Waals surface area contributed by atoms with Gasteiger partial charge in [0.1, 0.15) is 6.54 Å². The van der Waals surface area contributed by atoms with Gasteiger partial charge in [-0.25, -0.2) is 4.99 Å². The van der Waals surface area contributed by atoms with Crippen molar-refractivity contribution >= 4 is 23.5 Å². The molecule has 98 valence electrons. The molecule has 0 N–H and O–H groups in total. The van der Waals surface area contributed by atoms with Crippen LogP contribution < -0.4 is 0 Å². The Kier molecular flexibility index (Phi) is 6.22. The number of nitrogens with zero attached hydrogens (tertiary/aromatic N) is 1. The summed E-state index contributed by atoms with van der Waals surface area (Å²) in [7, 11) is 0. The van der Waals surface area contributed by atoms with Crippen LogP contribution in [0.25, 0.3) is 0 Å². The van der Waals surface area contributed by atoms with E-state index in [1.54, 1.807) is 31.2 Å². The molecule has 0 saturated carbocycles. The van der Waals surface area contributed by atoms with Gasteiger partial charge in [0.15, 0.2) is 0 Å². The van der Waals surface area contributed by atoms with Crippen LogP contribution in [0.4, 0.5) is 0 Å². The number of aliphatic imine (C=N–C) groups is 1. The smallest absolute Gasteiger partial charge is 0.327 e. The molecule has 0 aliphatic carbocycles. The van der Waals surface area contributed by atoms with E-state index in [2.05, 4.69) is 4.99 Å². The van der Waals surface area contributed by atoms with Gasteiger partial charge in [0.05, 0.1) is 13.2 Å². The molecule has 0 bridgehead atoms. The second kappa shape index (κ2) is 7.71. The monoisotopic (exact) mass is 269 g/mol. The Balaban J connectivity index is 2.78. The van der Waals surface area contributed by atoms with Crippen molar-refractivity contribution in [3.8, 4) is 0 Å². The van der Waals surface area contributed by atoms with Gasteiger partial charge in [-0.05, 0) is 38.1 Å². The number of esters is 1. The van der Waals surface area contributed by atoms with Crippen LogP contribution in [0.2, 0.25) is 5.02 Å². The van der Waals surface area contributed by atoms with Crippen LogP contribution in [0, 0.1) is 0 Å². The van der Waals surface area contributed by atoms with Crippen molar-refractivity contribution < 1.29 is 14.3 Å². The summed E-state index contributed by atoms with van der Waals surface area (Å²) in [5.41, 5.74) is 0.783. The van der Waals surface area contributed by atoms with Crippen molar-refractivity contribution in [2.75, 3.05) is 19.8 Å². The first-order valence-corrected chi connectivity index (χ1v) is 6.14. The molecule has 1 aromatic rings. The molecular formula is C13H16ClNO3. The third-order valence-electron chi connectivity index (χ3n) is 2.03. The number of ether oxygens (including phenoxy) is 2. The molecule has 0 atom stereocenters. The molecule has 5 heteroatoms. The summed E-state index contributed by atoms with van der Waals surface area (Å²) < 4.78 is 10.2. The van der Waals surface area contributed by atoms with E-state index in [0.717, 1.165) is 5.56 Å². The van der Waals surface area contributed by atoms with E-state index in [9.17, 15) is 4.79 Å². The summed E-state index contributed by atoms with van der Waals surface area (Å²) in [4.78, 5) is 15.3. The number of rotatable bonds is 5. The van der Waals surface area contributed by atoms with Gasteiger partial charge in [0.25, 0.3) is 0 Å². The molecule has 0 aromatic heterocycles. The molecule has 0 radical (unpaired) electrons. The van der Waals surface area contributed by atoms with E-state index < -0.39 is 0 Å². The highest BCUT2D eigenvalue weighted by molar-refractivity contribution is 6.30. The highest BCUT2D eigenvalue weighted by Gasteiger charge is 2.06. The van der Waals surface area contributed by atoms with Crippen LogP contribution in [-0.2, 0) is 14.3 Å². The van der Waals surface area contributed by atoms with Crippen molar-refractivity contribution in [2.45, 2.75) is 13.8 Å². The lowest BCUT2D eigenvalue weighted by molar-refractivity contribution is -0.141. The van der Waals surface area contributed by atoms with Gasteiger partial charge < -0.3 is 9.47 Å². The quantitative estimate of drug-likeness (QED) is 0.469. The number of halogens is 1. The Labute approximate surface area is 112 Å². The van der Waals surface area contributed by atoms with Gasteiger partial charge in [-0.1, -0.05) is 11.6 Å². The first-order chi connectivity index (χ1) is 8.67. The van der Waals surface area contributed by atoms with Crippen LogP contribution in [0.15, 0.2) is 29.3 Å². The molecule has 0 spiro atoms. The average Bonchev–Trinajstić information content (AvgIpc) is 2.36. The Morgan fingerprint density at radius 3 is 2.33 bits per heavy atom. The van der Waals surface area contributed by atoms with Crippen molar-refractivity contribution in [3.05, 3.63) is 34.9 Å². The molecule has 0 aliphatic rings. The van der Waals surface area contributed by atoms with Crippen molar-refractivity contribution in [1.82, 2.24) is 0 Å². The standard InChI is InChI=1S/C13H16ClNO3/c1-3-17-12(16)9-15-13(18-4-2)10-5-7-11(14)8-6-10/h5-8H,3-4,9H2,1-2H3. The SMILES string of the molecule is CCOC(=O)CN=C(OCC)c1ccc(Cl)cc1. The number of carbonyl (C=O) groups excluding carboxylic acids is 1. The molecule has 0 aliphatic heterocycles. The molecule has 0 fully saturated rings. The van der Waals surface area contributed by atoms with Gasteiger partial charge >= 0.3 is 5.97 Å². The van der Waals surface area contributed by atoms with E-state index in [-0.39, 0.29) is 12.5 Å². The second-order valence-electron chi connectivity index (χ2n) is 3.37. The summed E-state index contributed by atoms with van der Waals surface area (Å²) in [6, 6.07) is 7.08. The maximum Gasteiger partial charge on any atom is 0.327 e. The number of benzene rings is 1. The molecule has 4 nitrogen and oxygen atoms in total. The minimum atomic E-state index is -0.372. The van der Waals surface area contributed by atoms with E-state index in [0.29, 0.717) is 24.1 Å². The normalized spacial score (nSPS) is 11.2. The molecule has 0 heterocycles. The lowest BCUT2D eigenvalue weighted by Gasteiger charge is -2.07. The van der Waals surface area contributed by atoms with Crippen LogP contribution in [0.1, 0.15) is 19.4 Å². The van der Waals surface area contributed by atoms with Crippen LogP contribution in [-0.4, -0.2) is 31.6 Å². The zero-order valence-electron chi connectivity index (χ0n) is 10.5. The summed E-state index contributed by atoms with van der Waals surface area (Å²) in [5.74, 6) is 0.0471. The van der Waals surface area contributed by atoms with Crippen LogP contribution >= 0.6 is 11.6 Å². The van der Waals surface area contributed by atoms with Gasteiger partial charge in [-0.15, -0.1) is 0 Å². The number of hydrogen-bond donors (Lipinski definition) is 0. The summed E-state index contributed by atoms with van der Waals surface area (Å²) in [5, 5.41) is 0.639. The second-order valence-corrected chi connectivity index (χ2v) is 3.80. The number of carbonyl (C=O) groups is 1. The van der Waals surface area contributed by atoms with Crippen molar-refractivity contribution in [3.63, 3.8) is 0 Å². The number of hydrogen-bond acceptors (Lipinski definition) is 4. The Hall–Kier alpha value is -1.55. The van der Waals surface area contributed by atoms with Gasteiger partial charge in [0.2, 0.25) is 5.90 Å². The highest BCUT2D eigenvalue weighted by Crippen LogP contribution is 2.11.